The van der Waals surface area contributed by atoms with Crippen LogP contribution in [0.5, 0.6) is 0 Å². The first kappa shape index (κ1) is 16.8. The van der Waals surface area contributed by atoms with Crippen LogP contribution in [0.2, 0.25) is 0 Å². The number of hydrogen-bond acceptors (Lipinski definition) is 5. The molecule has 1 unspecified atom stereocenters. The molecule has 114 valence electrons. The Balaban J connectivity index is 0.000000222. The Bertz CT molecular complexity index is 503. The molecule has 2 N–H and O–H groups in total. The molecule has 0 bridgehead atoms. The van der Waals surface area contributed by atoms with Gasteiger partial charge in [0.2, 0.25) is 0 Å². The Labute approximate surface area is 122 Å². The lowest BCUT2D eigenvalue weighted by molar-refractivity contribution is -0.152. The van der Waals surface area contributed by atoms with Crippen molar-refractivity contribution in [3.63, 3.8) is 0 Å². The first-order valence-electron chi connectivity index (χ1n) is 6.50. The fraction of sp³-hybridized carbons (Fsp3) is 0.429. The number of aromatic nitrogens is 1. The molecule has 2 heterocycles. The van der Waals surface area contributed by atoms with E-state index in [2.05, 4.69) is 23.0 Å². The van der Waals surface area contributed by atoms with Gasteiger partial charge in [0.1, 0.15) is 6.42 Å². The van der Waals surface area contributed by atoms with E-state index < -0.39 is 24.1 Å². The van der Waals surface area contributed by atoms with E-state index >= 15 is 0 Å². The smallest absolute Gasteiger partial charge is 0.372 e. The van der Waals surface area contributed by atoms with Crippen LogP contribution in [-0.2, 0) is 14.4 Å². The SMILES string of the molecule is CN1CCCC1c1cccnc1.O=C(O)CC(=O)C(=O)O. The maximum absolute atomic E-state index is 9.97. The van der Waals surface area contributed by atoms with E-state index in [0.717, 1.165) is 0 Å². The Morgan fingerprint density at radius 3 is 2.48 bits per heavy atom. The molecular weight excluding hydrogens is 276 g/mol. The van der Waals surface area contributed by atoms with Gasteiger partial charge in [0.15, 0.2) is 0 Å². The number of Topliss-reactive ketones (excluding diaryl/α,β-unsaturated/α-hetero) is 1. The quantitative estimate of drug-likeness (QED) is 0.629. The molecule has 0 aromatic carbocycles. The number of carboxylic acid groups (broad SMARTS) is 2. The second-order valence-corrected chi connectivity index (χ2v) is 4.72. The molecule has 1 aromatic rings. The fourth-order valence-corrected chi connectivity index (χ4v) is 2.12. The van der Waals surface area contributed by atoms with Crippen LogP contribution in [0, 0.1) is 0 Å². The fourth-order valence-electron chi connectivity index (χ4n) is 2.12. The first-order chi connectivity index (χ1) is 9.91. The van der Waals surface area contributed by atoms with Gasteiger partial charge in [0.05, 0.1) is 0 Å². The highest BCUT2D eigenvalue weighted by molar-refractivity contribution is 6.35. The van der Waals surface area contributed by atoms with Crippen LogP contribution in [0.3, 0.4) is 0 Å². The molecule has 1 aromatic heterocycles. The van der Waals surface area contributed by atoms with Crippen LogP contribution in [-0.4, -0.2) is 51.4 Å². The van der Waals surface area contributed by atoms with Crippen LogP contribution < -0.4 is 0 Å². The summed E-state index contributed by atoms with van der Waals surface area (Å²) in [6, 6.07) is 4.79. The van der Waals surface area contributed by atoms with Crippen molar-refractivity contribution in [3.05, 3.63) is 30.1 Å². The van der Waals surface area contributed by atoms with Gasteiger partial charge in [-0.3, -0.25) is 19.5 Å². The third kappa shape index (κ3) is 5.70. The van der Waals surface area contributed by atoms with Crippen molar-refractivity contribution < 1.29 is 24.6 Å². The molecule has 0 radical (unpaired) electrons. The molecule has 1 aliphatic heterocycles. The van der Waals surface area contributed by atoms with Crippen LogP contribution in [0.25, 0.3) is 0 Å². The van der Waals surface area contributed by atoms with Crippen molar-refractivity contribution in [1.29, 1.82) is 0 Å². The third-order valence-electron chi connectivity index (χ3n) is 3.14. The maximum atomic E-state index is 9.97. The average molecular weight is 294 g/mol. The van der Waals surface area contributed by atoms with Gasteiger partial charge in [-0.15, -0.1) is 0 Å². The zero-order chi connectivity index (χ0) is 15.8. The molecule has 7 nitrogen and oxygen atoms in total. The molecule has 1 atom stereocenters. The molecule has 1 fully saturated rings. The largest absolute Gasteiger partial charge is 0.481 e. The topological polar surface area (TPSA) is 108 Å². The second-order valence-electron chi connectivity index (χ2n) is 4.72. The Morgan fingerprint density at radius 1 is 1.38 bits per heavy atom. The van der Waals surface area contributed by atoms with E-state index in [9.17, 15) is 14.4 Å². The van der Waals surface area contributed by atoms with E-state index in [1.807, 2.05) is 18.5 Å². The van der Waals surface area contributed by atoms with Gasteiger partial charge in [-0.1, -0.05) is 6.07 Å². The lowest BCUT2D eigenvalue weighted by Crippen LogP contribution is -2.17. The summed E-state index contributed by atoms with van der Waals surface area (Å²) >= 11 is 0. The summed E-state index contributed by atoms with van der Waals surface area (Å²) in [6.45, 7) is 1.22. The lowest BCUT2D eigenvalue weighted by Gasteiger charge is -2.18. The summed E-state index contributed by atoms with van der Waals surface area (Å²) in [4.78, 5) is 35.8. The molecule has 1 aliphatic rings. The van der Waals surface area contributed by atoms with Gasteiger partial charge < -0.3 is 10.2 Å². The second kappa shape index (κ2) is 8.11. The van der Waals surface area contributed by atoms with Crippen molar-refractivity contribution in [2.45, 2.75) is 25.3 Å². The summed E-state index contributed by atoms with van der Waals surface area (Å²) < 4.78 is 0. The highest BCUT2D eigenvalue weighted by Crippen LogP contribution is 2.29. The minimum atomic E-state index is -1.71. The van der Waals surface area contributed by atoms with E-state index in [1.165, 1.54) is 24.9 Å². The summed E-state index contributed by atoms with van der Waals surface area (Å²) in [5.41, 5.74) is 1.36. The number of pyridine rings is 1. The normalized spacial score (nSPS) is 17.7. The summed E-state index contributed by atoms with van der Waals surface area (Å²) in [5.74, 6) is -4.44. The van der Waals surface area contributed by atoms with E-state index in [4.69, 9.17) is 10.2 Å². The van der Waals surface area contributed by atoms with Crippen LogP contribution in [0.15, 0.2) is 24.5 Å². The third-order valence-corrected chi connectivity index (χ3v) is 3.14. The van der Waals surface area contributed by atoms with Crippen LogP contribution in [0.1, 0.15) is 30.9 Å². The maximum Gasteiger partial charge on any atom is 0.372 e. The van der Waals surface area contributed by atoms with Gasteiger partial charge in [0, 0.05) is 18.4 Å². The molecule has 21 heavy (non-hydrogen) atoms. The van der Waals surface area contributed by atoms with Crippen molar-refractivity contribution in [1.82, 2.24) is 9.88 Å². The number of ketones is 1. The Hall–Kier alpha value is -2.28. The van der Waals surface area contributed by atoms with Crippen molar-refractivity contribution >= 4 is 17.7 Å². The zero-order valence-corrected chi connectivity index (χ0v) is 11.7. The summed E-state index contributed by atoms with van der Waals surface area (Å²) in [7, 11) is 2.19. The number of nitrogens with zero attached hydrogens (tertiary/aromatic N) is 2. The Kier molecular flexibility index (Phi) is 6.48. The summed E-state index contributed by atoms with van der Waals surface area (Å²) in [6.07, 6.45) is 5.46. The number of carbonyl (C=O) groups is 3. The standard InChI is InChI=1S/C10H14N2.C4H4O5/c1-12-7-3-5-10(12)9-4-2-6-11-8-9;5-2(4(8)9)1-3(6)7/h2,4,6,8,10H,3,5,7H2,1H3;1H2,(H,6,7)(H,8,9). The Morgan fingerprint density at radius 2 is 2.10 bits per heavy atom. The number of hydrogen-bond donors (Lipinski definition) is 2. The highest BCUT2D eigenvalue weighted by atomic mass is 16.4. The molecule has 2 rings (SSSR count). The van der Waals surface area contributed by atoms with Crippen molar-refractivity contribution in [2.24, 2.45) is 0 Å². The molecule has 7 heteroatoms. The molecule has 0 aliphatic carbocycles. The predicted molar refractivity (Wildman–Crippen MR) is 73.7 cm³/mol. The van der Waals surface area contributed by atoms with Gasteiger partial charge in [-0.2, -0.15) is 0 Å². The summed E-state index contributed by atoms with van der Waals surface area (Å²) in [5, 5.41) is 15.7. The van der Waals surface area contributed by atoms with Crippen molar-refractivity contribution in [2.75, 3.05) is 13.6 Å². The lowest BCUT2D eigenvalue weighted by atomic mass is 10.1. The van der Waals surface area contributed by atoms with Gasteiger partial charge in [-0.05, 0) is 38.1 Å². The predicted octanol–water partition coefficient (Wildman–Crippen LogP) is 0.963. The monoisotopic (exact) mass is 294 g/mol. The number of aliphatic carboxylic acids is 2. The van der Waals surface area contributed by atoms with E-state index in [-0.39, 0.29) is 0 Å². The van der Waals surface area contributed by atoms with Gasteiger partial charge in [-0.25, -0.2) is 4.79 Å². The zero-order valence-electron chi connectivity index (χ0n) is 11.7. The minimum Gasteiger partial charge on any atom is -0.481 e. The molecule has 1 saturated heterocycles. The molecule has 0 saturated carbocycles. The van der Waals surface area contributed by atoms with Crippen LogP contribution >= 0.6 is 0 Å². The molecule has 0 amide bonds. The molecular formula is C14H18N2O5. The van der Waals surface area contributed by atoms with E-state index in [1.54, 1.807) is 0 Å². The molecule has 0 spiro atoms. The first-order valence-corrected chi connectivity index (χ1v) is 6.50. The van der Waals surface area contributed by atoms with Crippen molar-refractivity contribution in [3.8, 4) is 0 Å². The number of carboxylic acids is 2. The van der Waals surface area contributed by atoms with Gasteiger partial charge >= 0.3 is 11.9 Å². The number of carbonyl (C=O) groups excluding carboxylic acids is 1. The van der Waals surface area contributed by atoms with Gasteiger partial charge in [0.25, 0.3) is 5.78 Å². The van der Waals surface area contributed by atoms with E-state index in [0.29, 0.717) is 6.04 Å². The number of likely N-dealkylation sites (tertiary alicyclic amines) is 1. The minimum absolute atomic E-state index is 0.610. The highest BCUT2D eigenvalue weighted by Gasteiger charge is 2.21. The van der Waals surface area contributed by atoms with Crippen LogP contribution in [0.4, 0.5) is 0 Å². The average Bonchev–Trinajstić information content (AvgIpc) is 2.86. The number of rotatable bonds is 4.